The topological polar surface area (TPSA) is 116 Å². The van der Waals surface area contributed by atoms with Crippen molar-refractivity contribution < 1.29 is 22.9 Å². The number of para-hydroxylation sites is 1. The predicted molar refractivity (Wildman–Crippen MR) is 83.8 cm³/mol. The maximum Gasteiger partial charge on any atom is 0.324 e. The van der Waals surface area contributed by atoms with Gasteiger partial charge in [-0.15, -0.1) is 11.6 Å². The van der Waals surface area contributed by atoms with E-state index in [1.807, 2.05) is 0 Å². The van der Waals surface area contributed by atoms with Gasteiger partial charge in [0.25, 0.3) is 5.69 Å². The van der Waals surface area contributed by atoms with E-state index in [1.54, 1.807) is 13.8 Å². The smallest absolute Gasteiger partial charge is 0.324 e. The number of nitro benzene ring substituents is 1. The number of esters is 1. The first-order chi connectivity index (χ1) is 10.7. The lowest BCUT2D eigenvalue weighted by molar-refractivity contribution is -0.387. The van der Waals surface area contributed by atoms with Crippen LogP contribution in [0.1, 0.15) is 20.3 Å². The van der Waals surface area contributed by atoms with Crippen LogP contribution in [0.25, 0.3) is 0 Å². The number of nitro groups is 1. The number of rotatable bonds is 8. The minimum atomic E-state index is -4.29. The van der Waals surface area contributed by atoms with Gasteiger partial charge in [0, 0.05) is 11.9 Å². The van der Waals surface area contributed by atoms with E-state index >= 15 is 0 Å². The second-order valence-corrected chi connectivity index (χ2v) is 6.92. The lowest BCUT2D eigenvalue weighted by atomic mass is 10.2. The molecule has 1 N–H and O–H groups in total. The van der Waals surface area contributed by atoms with Gasteiger partial charge in [0.15, 0.2) is 4.90 Å². The Morgan fingerprint density at radius 2 is 2.00 bits per heavy atom. The quantitative estimate of drug-likeness (QED) is 0.325. The molecule has 0 unspecified atom stereocenters. The van der Waals surface area contributed by atoms with Crippen LogP contribution in [0.2, 0.25) is 0 Å². The van der Waals surface area contributed by atoms with Gasteiger partial charge in [-0.2, -0.15) is 4.72 Å². The van der Waals surface area contributed by atoms with Crippen molar-refractivity contribution in [2.75, 3.05) is 5.88 Å². The summed E-state index contributed by atoms with van der Waals surface area (Å²) in [5, 5.41) is 11.0. The highest BCUT2D eigenvalue weighted by molar-refractivity contribution is 7.89. The van der Waals surface area contributed by atoms with E-state index in [0.717, 1.165) is 12.1 Å². The number of nitrogens with one attached hydrogen (secondary N) is 1. The van der Waals surface area contributed by atoms with Crippen LogP contribution in [0.3, 0.4) is 0 Å². The van der Waals surface area contributed by atoms with Crippen molar-refractivity contribution in [3.63, 3.8) is 0 Å². The van der Waals surface area contributed by atoms with E-state index in [1.165, 1.54) is 12.1 Å². The van der Waals surface area contributed by atoms with Crippen molar-refractivity contribution in [2.45, 2.75) is 37.3 Å². The fourth-order valence-electron chi connectivity index (χ4n) is 1.73. The Labute approximate surface area is 139 Å². The van der Waals surface area contributed by atoms with Crippen LogP contribution >= 0.6 is 11.6 Å². The fraction of sp³-hybridized carbons (Fsp3) is 0.462. The number of carbonyl (C=O) groups is 1. The Morgan fingerprint density at radius 1 is 1.39 bits per heavy atom. The molecule has 23 heavy (non-hydrogen) atoms. The fourth-order valence-corrected chi connectivity index (χ4v) is 3.34. The summed E-state index contributed by atoms with van der Waals surface area (Å²) in [7, 11) is -4.29. The van der Waals surface area contributed by atoms with Gasteiger partial charge in [-0.3, -0.25) is 14.9 Å². The molecule has 10 heteroatoms. The number of alkyl halides is 1. The van der Waals surface area contributed by atoms with E-state index < -0.39 is 43.6 Å². The Balaban J connectivity index is 3.12. The summed E-state index contributed by atoms with van der Waals surface area (Å²) in [5.41, 5.74) is -0.582. The molecule has 1 aromatic carbocycles. The van der Waals surface area contributed by atoms with Crippen molar-refractivity contribution in [2.24, 2.45) is 0 Å². The summed E-state index contributed by atoms with van der Waals surface area (Å²) < 4.78 is 31.8. The maximum atomic E-state index is 12.4. The highest BCUT2D eigenvalue weighted by atomic mass is 35.5. The van der Waals surface area contributed by atoms with E-state index in [4.69, 9.17) is 16.3 Å². The van der Waals surface area contributed by atoms with Gasteiger partial charge in [-0.1, -0.05) is 12.1 Å². The van der Waals surface area contributed by atoms with Crippen molar-refractivity contribution >= 4 is 33.3 Å². The Bertz CT molecular complexity index is 677. The molecule has 0 aliphatic rings. The van der Waals surface area contributed by atoms with Crippen molar-refractivity contribution in [3.8, 4) is 0 Å². The van der Waals surface area contributed by atoms with Gasteiger partial charge in [0.05, 0.1) is 11.0 Å². The summed E-state index contributed by atoms with van der Waals surface area (Å²) in [6.07, 6.45) is -0.441. The number of ether oxygens (including phenoxy) is 1. The molecule has 0 fully saturated rings. The summed E-state index contributed by atoms with van der Waals surface area (Å²) in [5.74, 6) is -0.778. The lowest BCUT2D eigenvalue weighted by Crippen LogP contribution is -2.43. The zero-order chi connectivity index (χ0) is 17.6. The van der Waals surface area contributed by atoms with Crippen LogP contribution in [0.15, 0.2) is 29.2 Å². The molecule has 0 amide bonds. The lowest BCUT2D eigenvalue weighted by Gasteiger charge is -2.18. The molecule has 0 bridgehead atoms. The van der Waals surface area contributed by atoms with Crippen molar-refractivity contribution in [3.05, 3.63) is 34.4 Å². The first kappa shape index (κ1) is 19.3. The average molecular weight is 365 g/mol. The SMILES string of the molecule is CC(C)OC(=O)[C@H](CCCl)NS(=O)(=O)c1ccccc1[N+](=O)[O-]. The molecule has 0 radical (unpaired) electrons. The summed E-state index contributed by atoms with van der Waals surface area (Å²) >= 11 is 5.58. The highest BCUT2D eigenvalue weighted by Crippen LogP contribution is 2.23. The first-order valence-electron chi connectivity index (χ1n) is 6.71. The van der Waals surface area contributed by atoms with Crippen LogP contribution in [0.4, 0.5) is 5.69 Å². The molecule has 1 aromatic rings. The third kappa shape index (κ3) is 5.45. The van der Waals surface area contributed by atoms with Crippen LogP contribution in [-0.4, -0.2) is 37.3 Å². The number of sulfonamides is 1. The van der Waals surface area contributed by atoms with Crippen LogP contribution < -0.4 is 4.72 Å². The molecule has 1 atom stereocenters. The van der Waals surface area contributed by atoms with Gasteiger partial charge in [0.1, 0.15) is 6.04 Å². The number of carbonyl (C=O) groups excluding carboxylic acids is 1. The summed E-state index contributed by atoms with van der Waals surface area (Å²) in [4.78, 5) is 21.6. The second kappa shape index (κ2) is 8.23. The number of benzene rings is 1. The number of nitrogens with zero attached hydrogens (tertiary/aromatic N) is 1. The molecule has 0 aliphatic carbocycles. The molecular formula is C13H17ClN2O6S. The minimum absolute atomic E-state index is 0.00697. The molecule has 0 aromatic heterocycles. The van der Waals surface area contributed by atoms with Crippen LogP contribution in [0, 0.1) is 10.1 Å². The van der Waals surface area contributed by atoms with E-state index in [-0.39, 0.29) is 12.3 Å². The van der Waals surface area contributed by atoms with Gasteiger partial charge < -0.3 is 4.74 Å². The summed E-state index contributed by atoms with van der Waals surface area (Å²) in [6.45, 7) is 3.23. The molecule has 0 aliphatic heterocycles. The number of hydrogen-bond acceptors (Lipinski definition) is 6. The zero-order valence-electron chi connectivity index (χ0n) is 12.6. The standard InChI is InChI=1S/C13H17ClN2O6S/c1-9(2)22-13(17)10(7-8-14)15-23(20,21)12-6-4-3-5-11(12)16(18)19/h3-6,9-10,15H,7-8H2,1-2H3/t10-/m0/s1. The summed E-state index contributed by atoms with van der Waals surface area (Å²) in [6, 6.07) is 3.63. The average Bonchev–Trinajstić information content (AvgIpc) is 2.45. The molecule has 0 saturated carbocycles. The molecule has 0 saturated heterocycles. The Kier molecular flexibility index (Phi) is 6.92. The molecule has 8 nitrogen and oxygen atoms in total. The molecule has 0 heterocycles. The molecule has 0 spiro atoms. The highest BCUT2D eigenvalue weighted by Gasteiger charge is 2.31. The van der Waals surface area contributed by atoms with Gasteiger partial charge in [-0.05, 0) is 26.3 Å². The minimum Gasteiger partial charge on any atom is -0.462 e. The number of hydrogen-bond donors (Lipinski definition) is 1. The first-order valence-corrected chi connectivity index (χ1v) is 8.73. The largest absolute Gasteiger partial charge is 0.462 e. The van der Waals surface area contributed by atoms with Crippen LogP contribution in [0.5, 0.6) is 0 Å². The third-order valence-electron chi connectivity index (χ3n) is 2.68. The van der Waals surface area contributed by atoms with E-state index in [2.05, 4.69) is 4.72 Å². The molecular weight excluding hydrogens is 348 g/mol. The molecule has 128 valence electrons. The van der Waals surface area contributed by atoms with Gasteiger partial charge in [-0.25, -0.2) is 8.42 Å². The maximum absolute atomic E-state index is 12.4. The Hall–Kier alpha value is -1.71. The van der Waals surface area contributed by atoms with E-state index in [0.29, 0.717) is 0 Å². The van der Waals surface area contributed by atoms with Crippen molar-refractivity contribution in [1.82, 2.24) is 4.72 Å². The van der Waals surface area contributed by atoms with Gasteiger partial charge >= 0.3 is 5.97 Å². The zero-order valence-corrected chi connectivity index (χ0v) is 14.1. The van der Waals surface area contributed by atoms with Crippen molar-refractivity contribution in [1.29, 1.82) is 0 Å². The van der Waals surface area contributed by atoms with Crippen LogP contribution in [-0.2, 0) is 19.6 Å². The number of halogens is 1. The van der Waals surface area contributed by atoms with E-state index in [9.17, 15) is 23.3 Å². The predicted octanol–water partition coefficient (Wildman–Crippen LogP) is 1.82. The normalized spacial score (nSPS) is 12.9. The Morgan fingerprint density at radius 3 is 2.52 bits per heavy atom. The monoisotopic (exact) mass is 364 g/mol. The second-order valence-electron chi connectivity index (χ2n) is 4.86. The molecule has 1 rings (SSSR count). The third-order valence-corrected chi connectivity index (χ3v) is 4.42. The van der Waals surface area contributed by atoms with Gasteiger partial charge in [0.2, 0.25) is 10.0 Å².